The third kappa shape index (κ3) is 3.53. The van der Waals surface area contributed by atoms with E-state index in [0.29, 0.717) is 30.0 Å². The molecule has 3 amide bonds. The minimum atomic E-state index is -0.563. The predicted octanol–water partition coefficient (Wildman–Crippen LogP) is 2.52. The van der Waals surface area contributed by atoms with Gasteiger partial charge >= 0.3 is 6.03 Å². The Morgan fingerprint density at radius 2 is 1.90 bits per heavy atom. The fourth-order valence-corrected chi connectivity index (χ4v) is 3.64. The number of amides is 3. The normalized spacial score (nSPS) is 14.0. The van der Waals surface area contributed by atoms with Gasteiger partial charge in [0.15, 0.2) is 0 Å². The molecule has 150 valence electrons. The second-order valence-electron chi connectivity index (χ2n) is 8.27. The van der Waals surface area contributed by atoms with E-state index in [-0.39, 0.29) is 18.1 Å². The number of pyridine rings is 1. The Balaban J connectivity index is 1.78. The van der Waals surface area contributed by atoms with Gasteiger partial charge in [-0.3, -0.25) is 14.5 Å². The molecular formula is C21H24N6O2. The number of urea groups is 1. The van der Waals surface area contributed by atoms with Gasteiger partial charge in [-0.25, -0.2) is 4.79 Å². The van der Waals surface area contributed by atoms with Crippen molar-refractivity contribution in [2.45, 2.75) is 39.4 Å². The molecule has 1 aromatic carbocycles. The van der Waals surface area contributed by atoms with Crippen molar-refractivity contribution in [1.82, 2.24) is 25.0 Å². The van der Waals surface area contributed by atoms with E-state index in [1.807, 2.05) is 45.0 Å². The van der Waals surface area contributed by atoms with Gasteiger partial charge in [0.05, 0.1) is 24.3 Å². The van der Waals surface area contributed by atoms with Crippen LogP contribution < -0.4 is 11.1 Å². The van der Waals surface area contributed by atoms with Gasteiger partial charge in [0, 0.05) is 35.4 Å². The Labute approximate surface area is 168 Å². The first-order chi connectivity index (χ1) is 13.7. The lowest BCUT2D eigenvalue weighted by Gasteiger charge is -2.31. The largest absolute Gasteiger partial charge is 0.365 e. The molecule has 8 heteroatoms. The highest BCUT2D eigenvalue weighted by molar-refractivity contribution is 6.04. The number of nitrogens with two attached hydrogens (primary N) is 1. The zero-order chi connectivity index (χ0) is 20.8. The number of hydrogen-bond acceptors (Lipinski definition) is 4. The van der Waals surface area contributed by atoms with Crippen LogP contribution >= 0.6 is 0 Å². The molecule has 29 heavy (non-hydrogen) atoms. The second-order valence-corrected chi connectivity index (χ2v) is 8.27. The molecule has 0 saturated carbocycles. The summed E-state index contributed by atoms with van der Waals surface area (Å²) in [5, 5.41) is 9.54. The molecule has 2 aromatic heterocycles. The first kappa shape index (κ1) is 18.9. The molecule has 0 radical (unpaired) electrons. The lowest BCUT2D eigenvalue weighted by Crippen LogP contribution is -2.50. The van der Waals surface area contributed by atoms with Crippen LogP contribution in [-0.4, -0.2) is 43.7 Å². The number of nitrogens with zero attached hydrogens (tertiary/aromatic N) is 4. The maximum absolute atomic E-state index is 12.6. The number of aromatic nitrogens is 3. The quantitative estimate of drug-likeness (QED) is 0.699. The van der Waals surface area contributed by atoms with E-state index in [4.69, 9.17) is 5.73 Å². The molecule has 1 aliphatic heterocycles. The second kappa shape index (κ2) is 6.88. The van der Waals surface area contributed by atoms with Gasteiger partial charge in [-0.15, -0.1) is 0 Å². The average Bonchev–Trinajstić information content (AvgIpc) is 3.04. The van der Waals surface area contributed by atoms with Crippen molar-refractivity contribution in [2.75, 3.05) is 6.54 Å². The van der Waals surface area contributed by atoms with Crippen LogP contribution in [-0.2, 0) is 13.1 Å². The molecule has 0 saturated heterocycles. The molecule has 4 rings (SSSR count). The summed E-state index contributed by atoms with van der Waals surface area (Å²) in [5.41, 5.74) is 7.67. The summed E-state index contributed by atoms with van der Waals surface area (Å²) in [4.78, 5) is 31.0. The Hall–Kier alpha value is -3.42. The van der Waals surface area contributed by atoms with Gasteiger partial charge in [-0.2, -0.15) is 5.10 Å². The number of primary amides is 1. The van der Waals surface area contributed by atoms with Crippen LogP contribution in [0.1, 0.15) is 36.8 Å². The third-order valence-electron chi connectivity index (χ3n) is 4.92. The summed E-state index contributed by atoms with van der Waals surface area (Å²) in [7, 11) is 0. The van der Waals surface area contributed by atoms with Crippen molar-refractivity contribution in [3.05, 3.63) is 47.9 Å². The van der Waals surface area contributed by atoms with Crippen LogP contribution in [0, 0.1) is 0 Å². The molecule has 0 fully saturated rings. The highest BCUT2D eigenvalue weighted by Crippen LogP contribution is 2.32. The van der Waals surface area contributed by atoms with Crippen LogP contribution in [0.4, 0.5) is 4.79 Å². The van der Waals surface area contributed by atoms with E-state index >= 15 is 0 Å². The van der Waals surface area contributed by atoms with E-state index in [9.17, 15) is 9.59 Å². The van der Waals surface area contributed by atoms with Crippen molar-refractivity contribution < 1.29 is 9.59 Å². The molecule has 3 aromatic rings. The summed E-state index contributed by atoms with van der Waals surface area (Å²) in [5.74, 6) is -0.563. The monoisotopic (exact) mass is 392 g/mol. The highest BCUT2D eigenvalue weighted by atomic mass is 16.2. The smallest absolute Gasteiger partial charge is 0.318 e. The predicted molar refractivity (Wildman–Crippen MR) is 110 cm³/mol. The summed E-state index contributed by atoms with van der Waals surface area (Å²) in [6, 6.07) is 7.63. The SMILES string of the molecule is CC(C)(C)NC(=O)N1CCn2nc(-c3cncc4ccccc34)c(C(N)=O)c2C1. The third-order valence-corrected chi connectivity index (χ3v) is 4.92. The fourth-order valence-electron chi connectivity index (χ4n) is 3.64. The molecule has 0 atom stereocenters. The van der Waals surface area contributed by atoms with E-state index in [1.54, 1.807) is 22.0 Å². The molecule has 1 aliphatic rings. The zero-order valence-corrected chi connectivity index (χ0v) is 16.8. The van der Waals surface area contributed by atoms with Gasteiger partial charge in [0.25, 0.3) is 5.91 Å². The van der Waals surface area contributed by atoms with Crippen LogP contribution in [0.5, 0.6) is 0 Å². The lowest BCUT2D eigenvalue weighted by atomic mass is 10.0. The van der Waals surface area contributed by atoms with E-state index in [0.717, 1.165) is 16.3 Å². The van der Waals surface area contributed by atoms with Crippen molar-refractivity contribution >= 4 is 22.7 Å². The first-order valence-electron chi connectivity index (χ1n) is 9.54. The minimum absolute atomic E-state index is 0.172. The summed E-state index contributed by atoms with van der Waals surface area (Å²) in [6.07, 6.45) is 3.48. The lowest BCUT2D eigenvalue weighted by molar-refractivity contribution is 0.0997. The van der Waals surface area contributed by atoms with Crippen molar-refractivity contribution in [1.29, 1.82) is 0 Å². The van der Waals surface area contributed by atoms with Crippen LogP contribution in [0.3, 0.4) is 0 Å². The zero-order valence-electron chi connectivity index (χ0n) is 16.8. The van der Waals surface area contributed by atoms with Gasteiger partial charge < -0.3 is 16.0 Å². The van der Waals surface area contributed by atoms with Gasteiger partial charge in [-0.1, -0.05) is 24.3 Å². The minimum Gasteiger partial charge on any atom is -0.365 e. The van der Waals surface area contributed by atoms with Gasteiger partial charge in [0.2, 0.25) is 0 Å². The highest BCUT2D eigenvalue weighted by Gasteiger charge is 2.31. The maximum Gasteiger partial charge on any atom is 0.318 e. The fraction of sp³-hybridized carbons (Fsp3) is 0.333. The Kier molecular flexibility index (Phi) is 4.49. The topological polar surface area (TPSA) is 106 Å². The number of benzene rings is 1. The first-order valence-corrected chi connectivity index (χ1v) is 9.54. The standard InChI is InChI=1S/C21H24N6O2/c1-21(2,3)24-20(29)26-8-9-27-16(12-26)17(19(22)28)18(25-27)15-11-23-10-13-6-4-5-7-14(13)15/h4-7,10-11H,8-9,12H2,1-3H3,(H2,22,28)(H,24,29). The molecule has 0 bridgehead atoms. The maximum atomic E-state index is 12.6. The van der Waals surface area contributed by atoms with Crippen LogP contribution in [0.2, 0.25) is 0 Å². The molecular weight excluding hydrogens is 368 g/mol. The Morgan fingerprint density at radius 1 is 1.14 bits per heavy atom. The Morgan fingerprint density at radius 3 is 2.62 bits per heavy atom. The number of rotatable bonds is 2. The van der Waals surface area contributed by atoms with E-state index in [2.05, 4.69) is 15.4 Å². The molecule has 3 N–H and O–H groups in total. The number of carbonyl (C=O) groups is 2. The van der Waals surface area contributed by atoms with Gasteiger partial charge in [-0.05, 0) is 26.2 Å². The summed E-state index contributed by atoms with van der Waals surface area (Å²) < 4.78 is 1.78. The van der Waals surface area contributed by atoms with Crippen LogP contribution in [0.25, 0.3) is 22.0 Å². The van der Waals surface area contributed by atoms with Gasteiger partial charge in [0.1, 0.15) is 5.69 Å². The molecule has 8 nitrogen and oxygen atoms in total. The van der Waals surface area contributed by atoms with Crippen molar-refractivity contribution in [2.24, 2.45) is 5.73 Å². The molecule has 0 aliphatic carbocycles. The molecule has 0 spiro atoms. The molecule has 3 heterocycles. The number of hydrogen-bond donors (Lipinski definition) is 2. The summed E-state index contributed by atoms with van der Waals surface area (Å²) in [6.45, 7) is 7.05. The van der Waals surface area contributed by atoms with Crippen LogP contribution in [0.15, 0.2) is 36.7 Å². The van der Waals surface area contributed by atoms with E-state index < -0.39 is 5.91 Å². The number of carbonyl (C=O) groups excluding carboxylic acids is 2. The number of nitrogens with one attached hydrogen (secondary N) is 1. The number of fused-ring (bicyclic) bond motifs is 2. The molecule has 0 unspecified atom stereocenters. The average molecular weight is 392 g/mol. The summed E-state index contributed by atoms with van der Waals surface area (Å²) >= 11 is 0. The van der Waals surface area contributed by atoms with Crippen molar-refractivity contribution in [3.63, 3.8) is 0 Å². The van der Waals surface area contributed by atoms with Crippen molar-refractivity contribution in [3.8, 4) is 11.3 Å². The Bertz CT molecular complexity index is 1110. The van der Waals surface area contributed by atoms with E-state index in [1.165, 1.54) is 0 Å².